The molecule has 2 nitrogen and oxygen atoms in total. The lowest BCUT2D eigenvalue weighted by atomic mass is 9.53. The standard InChI is InChI=1S/C32H24O2/c1-31(2)22-10-3-4-11-23(22)32(24-18-17-21(20-27(24)31)28-16-9-19-33-28)25-12-5-7-14-29(25)34-30-15-8-6-13-26(30)32/h3-20H,1-2H3. The SMILES string of the molecule is CC1(C)c2ccccc2C2(c3ccccc3Oc3ccccc32)c2ccc(-c3ccco3)cc21. The molecule has 0 saturated heterocycles. The normalized spacial score (nSPS) is 16.1. The molecule has 0 unspecified atom stereocenters. The summed E-state index contributed by atoms with van der Waals surface area (Å²) in [5, 5.41) is 0. The number of para-hydroxylation sites is 2. The summed E-state index contributed by atoms with van der Waals surface area (Å²) in [6, 6.07) is 36.7. The van der Waals surface area contributed by atoms with Crippen LogP contribution in [0.15, 0.2) is 114 Å². The van der Waals surface area contributed by atoms with Crippen molar-refractivity contribution in [3.8, 4) is 22.8 Å². The van der Waals surface area contributed by atoms with E-state index in [4.69, 9.17) is 9.15 Å². The third kappa shape index (κ3) is 2.35. The van der Waals surface area contributed by atoms with E-state index in [1.807, 2.05) is 12.1 Å². The molecular formula is C32H24O2. The fourth-order valence-electron chi connectivity index (χ4n) is 6.20. The average molecular weight is 441 g/mol. The maximum Gasteiger partial charge on any atom is 0.133 e. The van der Waals surface area contributed by atoms with Gasteiger partial charge >= 0.3 is 0 Å². The number of furan rings is 1. The first-order chi connectivity index (χ1) is 16.6. The van der Waals surface area contributed by atoms with Crippen LogP contribution >= 0.6 is 0 Å². The minimum Gasteiger partial charge on any atom is -0.464 e. The smallest absolute Gasteiger partial charge is 0.133 e. The van der Waals surface area contributed by atoms with Crippen molar-refractivity contribution >= 4 is 0 Å². The highest BCUT2D eigenvalue weighted by Crippen LogP contribution is 2.61. The zero-order valence-corrected chi connectivity index (χ0v) is 19.2. The van der Waals surface area contributed by atoms with Gasteiger partial charge in [-0.15, -0.1) is 0 Å². The molecule has 0 N–H and O–H groups in total. The van der Waals surface area contributed by atoms with E-state index in [2.05, 4.69) is 105 Å². The number of rotatable bonds is 1. The molecule has 2 aliphatic rings. The van der Waals surface area contributed by atoms with Crippen molar-refractivity contribution in [2.45, 2.75) is 24.7 Å². The average Bonchev–Trinajstić information content (AvgIpc) is 3.42. The Morgan fingerprint density at radius 3 is 1.76 bits per heavy atom. The molecule has 164 valence electrons. The molecule has 0 saturated carbocycles. The van der Waals surface area contributed by atoms with Gasteiger partial charge in [-0.1, -0.05) is 86.6 Å². The fraction of sp³-hybridized carbons (Fsp3) is 0.125. The predicted molar refractivity (Wildman–Crippen MR) is 135 cm³/mol. The van der Waals surface area contributed by atoms with Gasteiger partial charge in [0.1, 0.15) is 17.3 Å². The second-order valence-electron chi connectivity index (χ2n) is 9.75. The van der Waals surface area contributed by atoms with E-state index in [9.17, 15) is 0 Å². The van der Waals surface area contributed by atoms with Crippen molar-refractivity contribution < 1.29 is 9.15 Å². The summed E-state index contributed by atoms with van der Waals surface area (Å²) >= 11 is 0. The van der Waals surface area contributed by atoms with Crippen molar-refractivity contribution in [2.24, 2.45) is 0 Å². The molecule has 4 aromatic carbocycles. The van der Waals surface area contributed by atoms with Crippen LogP contribution in [0.5, 0.6) is 11.5 Å². The van der Waals surface area contributed by atoms with Gasteiger partial charge in [0.25, 0.3) is 0 Å². The number of hydrogen-bond donors (Lipinski definition) is 0. The van der Waals surface area contributed by atoms with Crippen LogP contribution in [0.1, 0.15) is 47.2 Å². The molecule has 0 fully saturated rings. The number of ether oxygens (including phenoxy) is 1. The van der Waals surface area contributed by atoms with Gasteiger partial charge < -0.3 is 9.15 Å². The van der Waals surface area contributed by atoms with Crippen LogP contribution in [0.3, 0.4) is 0 Å². The largest absolute Gasteiger partial charge is 0.464 e. The van der Waals surface area contributed by atoms with Gasteiger partial charge in [-0.25, -0.2) is 0 Å². The first kappa shape index (κ1) is 19.4. The minimum atomic E-state index is -0.464. The lowest BCUT2D eigenvalue weighted by molar-refractivity contribution is 0.425. The molecule has 7 rings (SSSR count). The van der Waals surface area contributed by atoms with E-state index < -0.39 is 5.41 Å². The molecule has 0 atom stereocenters. The Morgan fingerprint density at radius 1 is 0.529 bits per heavy atom. The zero-order chi connectivity index (χ0) is 22.9. The summed E-state index contributed by atoms with van der Waals surface area (Å²) in [7, 11) is 0. The highest BCUT2D eigenvalue weighted by molar-refractivity contribution is 5.77. The van der Waals surface area contributed by atoms with Crippen LogP contribution in [0.2, 0.25) is 0 Å². The van der Waals surface area contributed by atoms with Crippen molar-refractivity contribution in [1.82, 2.24) is 0 Å². The molecule has 5 aromatic rings. The summed E-state index contributed by atoms with van der Waals surface area (Å²) in [6.07, 6.45) is 1.74. The summed E-state index contributed by atoms with van der Waals surface area (Å²) in [6.45, 7) is 4.67. The highest BCUT2D eigenvalue weighted by Gasteiger charge is 2.52. The van der Waals surface area contributed by atoms with Crippen LogP contribution in [0, 0.1) is 0 Å². The molecule has 1 aromatic heterocycles. The first-order valence-electron chi connectivity index (χ1n) is 11.8. The predicted octanol–water partition coefficient (Wildman–Crippen LogP) is 8.07. The van der Waals surface area contributed by atoms with Gasteiger partial charge in [0.2, 0.25) is 0 Å². The Hall–Kier alpha value is -4.04. The summed E-state index contributed by atoms with van der Waals surface area (Å²) in [4.78, 5) is 0. The number of hydrogen-bond acceptors (Lipinski definition) is 2. The van der Waals surface area contributed by atoms with Crippen LogP contribution < -0.4 is 4.74 Å². The Kier molecular flexibility index (Phi) is 3.85. The molecule has 34 heavy (non-hydrogen) atoms. The zero-order valence-electron chi connectivity index (χ0n) is 19.2. The first-order valence-corrected chi connectivity index (χ1v) is 11.8. The van der Waals surface area contributed by atoms with E-state index in [0.29, 0.717) is 0 Å². The van der Waals surface area contributed by atoms with Crippen LogP contribution in [-0.2, 0) is 10.8 Å². The van der Waals surface area contributed by atoms with Gasteiger partial charge in [0.15, 0.2) is 0 Å². The minimum absolute atomic E-state index is 0.179. The lowest BCUT2D eigenvalue weighted by Gasteiger charge is -2.50. The molecule has 2 heterocycles. The van der Waals surface area contributed by atoms with Crippen LogP contribution in [-0.4, -0.2) is 0 Å². The van der Waals surface area contributed by atoms with Gasteiger partial charge in [-0.2, -0.15) is 0 Å². The fourth-order valence-corrected chi connectivity index (χ4v) is 6.20. The second-order valence-corrected chi connectivity index (χ2v) is 9.75. The summed E-state index contributed by atoms with van der Waals surface area (Å²) < 4.78 is 12.2. The molecule has 1 aliphatic heterocycles. The van der Waals surface area contributed by atoms with Gasteiger partial charge in [0.05, 0.1) is 11.7 Å². The topological polar surface area (TPSA) is 22.4 Å². The van der Waals surface area contributed by atoms with E-state index in [1.165, 1.54) is 33.4 Å². The van der Waals surface area contributed by atoms with Crippen molar-refractivity contribution in [3.63, 3.8) is 0 Å². The van der Waals surface area contributed by atoms with Gasteiger partial charge in [-0.05, 0) is 52.6 Å². The Morgan fingerprint density at radius 2 is 1.12 bits per heavy atom. The summed E-state index contributed by atoms with van der Waals surface area (Å²) in [5.41, 5.74) is 8.09. The van der Waals surface area contributed by atoms with E-state index in [1.54, 1.807) is 6.26 Å². The van der Waals surface area contributed by atoms with Gasteiger partial charge in [-0.3, -0.25) is 0 Å². The van der Waals surface area contributed by atoms with Crippen LogP contribution in [0.25, 0.3) is 11.3 Å². The molecule has 0 amide bonds. The third-order valence-corrected chi connectivity index (χ3v) is 7.71. The highest BCUT2D eigenvalue weighted by atomic mass is 16.5. The third-order valence-electron chi connectivity index (χ3n) is 7.71. The van der Waals surface area contributed by atoms with E-state index >= 15 is 0 Å². The van der Waals surface area contributed by atoms with Crippen LogP contribution in [0.4, 0.5) is 0 Å². The quantitative estimate of drug-likeness (QED) is 0.258. The molecule has 1 spiro atoms. The maximum atomic E-state index is 6.45. The Labute approximate surface area is 199 Å². The molecule has 0 radical (unpaired) electrons. The Balaban J connectivity index is 1.67. The number of benzene rings is 4. The van der Waals surface area contributed by atoms with Crippen molar-refractivity contribution in [3.05, 3.63) is 143 Å². The molecule has 1 aliphatic carbocycles. The molecule has 0 bridgehead atoms. The second kappa shape index (κ2) is 6.74. The van der Waals surface area contributed by atoms with Gasteiger partial charge in [0, 0.05) is 22.1 Å². The van der Waals surface area contributed by atoms with Crippen molar-refractivity contribution in [1.29, 1.82) is 0 Å². The van der Waals surface area contributed by atoms with Crippen molar-refractivity contribution in [2.75, 3.05) is 0 Å². The van der Waals surface area contributed by atoms with E-state index in [-0.39, 0.29) is 5.41 Å². The summed E-state index contributed by atoms with van der Waals surface area (Å²) in [5.74, 6) is 2.72. The molecule has 2 heteroatoms. The molecular weight excluding hydrogens is 416 g/mol. The Bertz CT molecular complexity index is 1510. The monoisotopic (exact) mass is 440 g/mol. The number of fused-ring (bicyclic) bond motifs is 8. The lowest BCUT2D eigenvalue weighted by Crippen LogP contribution is -2.43. The maximum absolute atomic E-state index is 6.45. The van der Waals surface area contributed by atoms with E-state index in [0.717, 1.165) is 22.8 Å².